The number of rotatable bonds is 8. The number of hydrogen-bond donors (Lipinski definition) is 2. The van der Waals surface area contributed by atoms with E-state index in [1.807, 2.05) is 56.0 Å². The molecule has 2 fully saturated rings. The van der Waals surface area contributed by atoms with Crippen molar-refractivity contribution in [2.24, 2.45) is 5.92 Å². The van der Waals surface area contributed by atoms with E-state index in [9.17, 15) is 28.7 Å². The van der Waals surface area contributed by atoms with Crippen molar-refractivity contribution in [1.29, 1.82) is 0 Å². The molecule has 0 radical (unpaired) electrons. The molecule has 2 aliphatic heterocycles. The number of carbonyl (C=O) groups is 4. The van der Waals surface area contributed by atoms with E-state index < -0.39 is 35.8 Å². The summed E-state index contributed by atoms with van der Waals surface area (Å²) in [6.07, 6.45) is 1.27. The van der Waals surface area contributed by atoms with E-state index in [-0.39, 0.29) is 43.1 Å². The summed E-state index contributed by atoms with van der Waals surface area (Å²) >= 11 is 0. The average molecular weight is 539 g/mol. The third kappa shape index (κ3) is 5.60. The zero-order valence-corrected chi connectivity index (χ0v) is 22.5. The van der Waals surface area contributed by atoms with Crippen LogP contribution in [0.4, 0.5) is 10.1 Å². The Bertz CT molecular complexity index is 1240. The fourth-order valence-electron chi connectivity index (χ4n) is 5.48. The molecule has 208 valence electrons. The first kappa shape index (κ1) is 28.1. The quantitative estimate of drug-likeness (QED) is 0.535. The second kappa shape index (κ2) is 11.4. The highest BCUT2D eigenvalue weighted by molar-refractivity contribution is 5.98. The van der Waals surface area contributed by atoms with Crippen LogP contribution in [0.2, 0.25) is 0 Å². The predicted octanol–water partition coefficient (Wildman–Crippen LogP) is 2.89. The summed E-state index contributed by atoms with van der Waals surface area (Å²) in [6.45, 7) is 5.80. The Balaban J connectivity index is 1.51. The molecule has 9 nitrogen and oxygen atoms in total. The molecule has 2 aromatic carbocycles. The molecule has 2 N–H and O–H groups in total. The SMILES string of the molecule is CCc1ccc(F)c(C(=O)NC(C(=O)N2CCC3(CC2)C(=O)N(CC(=O)O)CN3c2ccccc2)C(C)C)c1. The van der Waals surface area contributed by atoms with Crippen LogP contribution in [-0.2, 0) is 20.8 Å². The largest absolute Gasteiger partial charge is 0.480 e. The Morgan fingerprint density at radius 1 is 1.08 bits per heavy atom. The first-order valence-corrected chi connectivity index (χ1v) is 13.3. The number of para-hydroxylation sites is 1. The number of nitrogens with one attached hydrogen (secondary N) is 1. The number of aryl methyl sites for hydroxylation is 1. The Morgan fingerprint density at radius 3 is 2.33 bits per heavy atom. The van der Waals surface area contributed by atoms with Crippen LogP contribution in [0.5, 0.6) is 0 Å². The number of aliphatic carboxylic acids is 1. The number of nitrogens with zero attached hydrogens (tertiary/aromatic N) is 3. The van der Waals surface area contributed by atoms with Gasteiger partial charge in [-0.2, -0.15) is 0 Å². The number of anilines is 1. The molecule has 2 heterocycles. The molecule has 1 atom stereocenters. The highest BCUT2D eigenvalue weighted by Crippen LogP contribution is 2.39. The summed E-state index contributed by atoms with van der Waals surface area (Å²) in [5, 5.41) is 12.1. The van der Waals surface area contributed by atoms with Crippen molar-refractivity contribution in [3.63, 3.8) is 0 Å². The number of likely N-dealkylation sites (tertiary alicyclic amines) is 1. The van der Waals surface area contributed by atoms with Crippen LogP contribution in [0.15, 0.2) is 48.5 Å². The van der Waals surface area contributed by atoms with Gasteiger partial charge >= 0.3 is 5.97 Å². The van der Waals surface area contributed by atoms with Gasteiger partial charge in [-0.1, -0.05) is 45.0 Å². The number of halogens is 1. The van der Waals surface area contributed by atoms with Gasteiger partial charge in [0.05, 0.1) is 12.2 Å². The third-order valence-electron chi connectivity index (χ3n) is 7.71. The van der Waals surface area contributed by atoms with Crippen molar-refractivity contribution in [1.82, 2.24) is 15.1 Å². The number of carbonyl (C=O) groups excluding carboxylic acids is 3. The number of piperidine rings is 1. The summed E-state index contributed by atoms with van der Waals surface area (Å²) < 4.78 is 14.4. The van der Waals surface area contributed by atoms with Gasteiger partial charge in [-0.05, 0) is 55.0 Å². The summed E-state index contributed by atoms with van der Waals surface area (Å²) in [5.74, 6) is -3.19. The van der Waals surface area contributed by atoms with Crippen LogP contribution in [-0.4, -0.2) is 76.5 Å². The molecule has 0 aromatic heterocycles. The fourth-order valence-corrected chi connectivity index (χ4v) is 5.48. The molecule has 2 aromatic rings. The lowest BCUT2D eigenvalue weighted by molar-refractivity contribution is -0.145. The molecule has 2 aliphatic rings. The van der Waals surface area contributed by atoms with E-state index in [2.05, 4.69) is 5.32 Å². The van der Waals surface area contributed by atoms with Gasteiger partial charge in [0.25, 0.3) is 11.8 Å². The number of amides is 3. The zero-order valence-electron chi connectivity index (χ0n) is 22.5. The lowest BCUT2D eigenvalue weighted by atomic mass is 9.85. The summed E-state index contributed by atoms with van der Waals surface area (Å²) in [4.78, 5) is 56.4. The van der Waals surface area contributed by atoms with Gasteiger partial charge in [0.2, 0.25) is 5.91 Å². The lowest BCUT2D eigenvalue weighted by Crippen LogP contribution is -2.60. The lowest BCUT2D eigenvalue weighted by Gasteiger charge is -2.44. The third-order valence-corrected chi connectivity index (χ3v) is 7.71. The summed E-state index contributed by atoms with van der Waals surface area (Å²) in [6, 6.07) is 12.9. The molecule has 39 heavy (non-hydrogen) atoms. The van der Waals surface area contributed by atoms with E-state index in [4.69, 9.17) is 0 Å². The number of hydrogen-bond acceptors (Lipinski definition) is 5. The highest BCUT2D eigenvalue weighted by atomic mass is 19.1. The highest BCUT2D eigenvalue weighted by Gasteiger charge is 2.54. The minimum absolute atomic E-state index is 0.0982. The van der Waals surface area contributed by atoms with Crippen molar-refractivity contribution in [3.05, 3.63) is 65.5 Å². The van der Waals surface area contributed by atoms with Crippen LogP contribution < -0.4 is 10.2 Å². The molecule has 0 aliphatic carbocycles. The van der Waals surface area contributed by atoms with Gasteiger partial charge in [0, 0.05) is 18.8 Å². The first-order valence-electron chi connectivity index (χ1n) is 13.3. The van der Waals surface area contributed by atoms with Crippen LogP contribution in [0.25, 0.3) is 0 Å². The monoisotopic (exact) mass is 538 g/mol. The Morgan fingerprint density at radius 2 is 1.74 bits per heavy atom. The molecule has 10 heteroatoms. The summed E-state index contributed by atoms with van der Waals surface area (Å²) in [7, 11) is 0. The van der Waals surface area contributed by atoms with Gasteiger partial charge in [-0.3, -0.25) is 19.2 Å². The number of carboxylic acid groups (broad SMARTS) is 1. The van der Waals surface area contributed by atoms with Gasteiger partial charge in [0.1, 0.15) is 23.9 Å². The van der Waals surface area contributed by atoms with Crippen molar-refractivity contribution >= 4 is 29.4 Å². The van der Waals surface area contributed by atoms with E-state index in [0.717, 1.165) is 11.3 Å². The number of benzene rings is 2. The van der Waals surface area contributed by atoms with Crippen molar-refractivity contribution in [3.8, 4) is 0 Å². The first-order chi connectivity index (χ1) is 18.6. The molecular weight excluding hydrogens is 503 g/mol. The second-order valence-corrected chi connectivity index (χ2v) is 10.5. The van der Waals surface area contributed by atoms with Crippen molar-refractivity contribution < 1.29 is 28.7 Å². The normalized spacial score (nSPS) is 17.6. The Hall–Kier alpha value is -3.95. The minimum Gasteiger partial charge on any atom is -0.480 e. The molecule has 4 rings (SSSR count). The Kier molecular flexibility index (Phi) is 8.22. The molecule has 3 amide bonds. The zero-order chi connectivity index (χ0) is 28.3. The standard InChI is InChI=1S/C29H35FN4O5/c1-4-20-10-11-23(30)22(16-20)26(37)31-25(19(2)3)27(38)32-14-12-29(13-15-32)28(39)33(17-24(35)36)18-34(29)21-8-6-5-7-9-21/h5-11,16,19,25H,4,12-15,17-18H2,1-3H3,(H,31,37)(H,35,36). The topological polar surface area (TPSA) is 110 Å². The van der Waals surface area contributed by atoms with E-state index >= 15 is 0 Å². The maximum atomic E-state index is 14.4. The molecule has 2 saturated heterocycles. The smallest absolute Gasteiger partial charge is 0.323 e. The fraction of sp³-hybridized carbons (Fsp3) is 0.448. The molecule has 1 spiro atoms. The summed E-state index contributed by atoms with van der Waals surface area (Å²) in [5.41, 5.74) is 0.561. The van der Waals surface area contributed by atoms with Gasteiger partial charge in [0.15, 0.2) is 0 Å². The maximum absolute atomic E-state index is 14.4. The van der Waals surface area contributed by atoms with Crippen LogP contribution in [0.3, 0.4) is 0 Å². The average Bonchev–Trinajstić information content (AvgIpc) is 3.18. The van der Waals surface area contributed by atoms with Crippen molar-refractivity contribution in [2.75, 3.05) is 31.2 Å². The van der Waals surface area contributed by atoms with E-state index in [1.54, 1.807) is 11.0 Å². The maximum Gasteiger partial charge on any atom is 0.323 e. The Labute approximate surface area is 227 Å². The molecule has 0 saturated carbocycles. The predicted molar refractivity (Wildman–Crippen MR) is 144 cm³/mol. The molecule has 1 unspecified atom stereocenters. The van der Waals surface area contributed by atoms with Crippen LogP contribution in [0, 0.1) is 11.7 Å². The van der Waals surface area contributed by atoms with Crippen molar-refractivity contribution in [2.45, 2.75) is 51.6 Å². The molecule has 0 bridgehead atoms. The van der Waals surface area contributed by atoms with Crippen LogP contribution >= 0.6 is 0 Å². The van der Waals surface area contributed by atoms with E-state index in [1.165, 1.54) is 17.0 Å². The van der Waals surface area contributed by atoms with E-state index in [0.29, 0.717) is 19.3 Å². The number of carboxylic acids is 1. The van der Waals surface area contributed by atoms with Gasteiger partial charge in [-0.25, -0.2) is 4.39 Å². The minimum atomic E-state index is -1.09. The molecular formula is C29H35FN4O5. The van der Waals surface area contributed by atoms with Gasteiger partial charge in [-0.15, -0.1) is 0 Å². The second-order valence-electron chi connectivity index (χ2n) is 10.5. The van der Waals surface area contributed by atoms with Gasteiger partial charge < -0.3 is 25.1 Å². The van der Waals surface area contributed by atoms with Crippen LogP contribution in [0.1, 0.15) is 49.5 Å².